The van der Waals surface area contributed by atoms with Gasteiger partial charge in [0, 0.05) is 37.6 Å². The van der Waals surface area contributed by atoms with Crippen LogP contribution in [0.3, 0.4) is 0 Å². The number of hydrogen-bond acceptors (Lipinski definition) is 4. The normalized spacial score (nSPS) is 10.4. The standard InChI is InChI=1S/C23H26N4O3/c1-18-24-14-15-27(18)16-19-9-11-21(12-10-19)26-22(28)8-5-13-25-23(29)30-17-20-6-3-2-4-7-20/h2-4,6-7,9-12,14-15H,5,8,13,16-17H2,1H3,(H,25,29)(H,26,28). The van der Waals surface area contributed by atoms with Gasteiger partial charge in [0.2, 0.25) is 5.91 Å². The van der Waals surface area contributed by atoms with Gasteiger partial charge in [0.15, 0.2) is 0 Å². The first kappa shape index (κ1) is 21.1. The molecule has 1 aromatic heterocycles. The molecule has 7 nitrogen and oxygen atoms in total. The van der Waals surface area contributed by atoms with Gasteiger partial charge < -0.3 is 19.9 Å². The van der Waals surface area contributed by atoms with Crippen LogP contribution in [-0.4, -0.2) is 28.1 Å². The van der Waals surface area contributed by atoms with Crippen LogP contribution in [0.4, 0.5) is 10.5 Å². The topological polar surface area (TPSA) is 85.3 Å². The SMILES string of the molecule is Cc1nccn1Cc1ccc(NC(=O)CCCNC(=O)OCc2ccccc2)cc1. The number of rotatable bonds is 9. The molecule has 0 aliphatic rings. The Morgan fingerprint density at radius 3 is 2.50 bits per heavy atom. The van der Waals surface area contributed by atoms with Crippen LogP contribution in [0.2, 0.25) is 0 Å². The fraction of sp³-hybridized carbons (Fsp3) is 0.261. The van der Waals surface area contributed by atoms with Crippen LogP contribution in [-0.2, 0) is 22.7 Å². The molecule has 0 fully saturated rings. The van der Waals surface area contributed by atoms with E-state index in [-0.39, 0.29) is 12.5 Å². The van der Waals surface area contributed by atoms with Crippen LogP contribution in [0.5, 0.6) is 0 Å². The molecule has 1 heterocycles. The molecule has 3 rings (SSSR count). The number of amides is 2. The van der Waals surface area contributed by atoms with E-state index < -0.39 is 6.09 Å². The molecule has 0 atom stereocenters. The van der Waals surface area contributed by atoms with Crippen molar-refractivity contribution >= 4 is 17.7 Å². The van der Waals surface area contributed by atoms with Crippen LogP contribution < -0.4 is 10.6 Å². The molecule has 30 heavy (non-hydrogen) atoms. The van der Waals surface area contributed by atoms with E-state index in [0.717, 1.165) is 29.2 Å². The summed E-state index contributed by atoms with van der Waals surface area (Å²) < 4.78 is 7.19. The molecule has 0 aliphatic carbocycles. The van der Waals surface area contributed by atoms with Crippen molar-refractivity contribution in [2.75, 3.05) is 11.9 Å². The summed E-state index contributed by atoms with van der Waals surface area (Å²) in [4.78, 5) is 28.0. The first-order chi connectivity index (χ1) is 14.6. The number of nitrogens with one attached hydrogen (secondary N) is 2. The average Bonchev–Trinajstić information content (AvgIpc) is 3.16. The first-order valence-electron chi connectivity index (χ1n) is 9.91. The molecule has 0 saturated heterocycles. The Morgan fingerprint density at radius 1 is 1.03 bits per heavy atom. The fourth-order valence-corrected chi connectivity index (χ4v) is 2.90. The van der Waals surface area contributed by atoms with E-state index >= 15 is 0 Å². The third-order valence-electron chi connectivity index (χ3n) is 4.58. The second-order valence-corrected chi connectivity index (χ2v) is 6.94. The van der Waals surface area contributed by atoms with Gasteiger partial charge in [0.25, 0.3) is 0 Å². The highest BCUT2D eigenvalue weighted by molar-refractivity contribution is 5.90. The van der Waals surface area contributed by atoms with Crippen molar-refractivity contribution in [2.24, 2.45) is 0 Å². The number of anilines is 1. The molecule has 0 saturated carbocycles. The molecule has 0 bridgehead atoms. The molecule has 7 heteroatoms. The van der Waals surface area contributed by atoms with Crippen molar-refractivity contribution < 1.29 is 14.3 Å². The van der Waals surface area contributed by atoms with Crippen LogP contribution in [0.1, 0.15) is 29.8 Å². The third kappa shape index (κ3) is 6.77. The maximum absolute atomic E-state index is 12.1. The summed E-state index contributed by atoms with van der Waals surface area (Å²) in [5, 5.41) is 5.53. The minimum absolute atomic E-state index is 0.0901. The van der Waals surface area contributed by atoms with Crippen molar-refractivity contribution in [1.29, 1.82) is 0 Å². The molecule has 2 N–H and O–H groups in total. The molecule has 0 aliphatic heterocycles. The monoisotopic (exact) mass is 406 g/mol. The Balaban J connectivity index is 1.31. The van der Waals surface area contributed by atoms with Gasteiger partial charge in [-0.3, -0.25) is 4.79 Å². The van der Waals surface area contributed by atoms with E-state index in [2.05, 4.69) is 20.2 Å². The van der Waals surface area contributed by atoms with Gasteiger partial charge in [-0.15, -0.1) is 0 Å². The molecular weight excluding hydrogens is 380 g/mol. The van der Waals surface area contributed by atoms with Crippen LogP contribution in [0.15, 0.2) is 67.0 Å². The summed E-state index contributed by atoms with van der Waals surface area (Å²) in [7, 11) is 0. The van der Waals surface area contributed by atoms with E-state index in [9.17, 15) is 9.59 Å². The van der Waals surface area contributed by atoms with Crippen LogP contribution in [0, 0.1) is 6.92 Å². The third-order valence-corrected chi connectivity index (χ3v) is 4.58. The molecule has 2 amide bonds. The summed E-state index contributed by atoms with van der Waals surface area (Å²) >= 11 is 0. The van der Waals surface area contributed by atoms with Crippen molar-refractivity contribution in [3.8, 4) is 0 Å². The second-order valence-electron chi connectivity index (χ2n) is 6.94. The maximum Gasteiger partial charge on any atom is 0.407 e. The predicted octanol–water partition coefficient (Wildman–Crippen LogP) is 3.88. The summed E-state index contributed by atoms with van der Waals surface area (Å²) in [6.07, 6.45) is 4.08. The first-order valence-corrected chi connectivity index (χ1v) is 9.91. The minimum Gasteiger partial charge on any atom is -0.445 e. The molecule has 0 radical (unpaired) electrons. The van der Waals surface area contributed by atoms with Gasteiger partial charge in [0.1, 0.15) is 12.4 Å². The summed E-state index contributed by atoms with van der Waals surface area (Å²) in [6.45, 7) is 3.31. The van der Waals surface area contributed by atoms with Gasteiger partial charge in [-0.05, 0) is 36.6 Å². The largest absolute Gasteiger partial charge is 0.445 e. The number of carbonyl (C=O) groups excluding carboxylic acids is 2. The van der Waals surface area contributed by atoms with E-state index in [0.29, 0.717) is 19.4 Å². The van der Waals surface area contributed by atoms with Crippen LogP contribution in [0.25, 0.3) is 0 Å². The van der Waals surface area contributed by atoms with E-state index in [1.807, 2.05) is 67.7 Å². The smallest absolute Gasteiger partial charge is 0.407 e. The van der Waals surface area contributed by atoms with Crippen molar-refractivity contribution in [1.82, 2.24) is 14.9 Å². The fourth-order valence-electron chi connectivity index (χ4n) is 2.90. The number of aromatic nitrogens is 2. The van der Waals surface area contributed by atoms with E-state index in [1.54, 1.807) is 6.20 Å². The Kier molecular flexibility index (Phi) is 7.60. The zero-order chi connectivity index (χ0) is 21.2. The quantitative estimate of drug-likeness (QED) is 0.528. The lowest BCUT2D eigenvalue weighted by Gasteiger charge is -2.09. The zero-order valence-corrected chi connectivity index (χ0v) is 17.0. The van der Waals surface area contributed by atoms with E-state index in [4.69, 9.17) is 4.74 Å². The summed E-state index contributed by atoms with van der Waals surface area (Å²) in [5.74, 6) is 0.873. The Hall–Kier alpha value is -3.61. The second kappa shape index (κ2) is 10.8. The van der Waals surface area contributed by atoms with Gasteiger partial charge in [0.05, 0.1) is 0 Å². The lowest BCUT2D eigenvalue weighted by Crippen LogP contribution is -2.26. The van der Waals surface area contributed by atoms with Gasteiger partial charge in [-0.2, -0.15) is 0 Å². The molecule has 0 unspecified atom stereocenters. The zero-order valence-electron chi connectivity index (χ0n) is 17.0. The Bertz CT molecular complexity index is 952. The molecule has 2 aromatic carbocycles. The van der Waals surface area contributed by atoms with Crippen molar-refractivity contribution in [3.63, 3.8) is 0 Å². The van der Waals surface area contributed by atoms with Crippen molar-refractivity contribution in [3.05, 3.63) is 83.9 Å². The van der Waals surface area contributed by atoms with Gasteiger partial charge in [-0.25, -0.2) is 9.78 Å². The number of aryl methyl sites for hydroxylation is 1. The molecule has 3 aromatic rings. The Labute approximate surface area is 176 Å². The lowest BCUT2D eigenvalue weighted by molar-refractivity contribution is -0.116. The molecular formula is C23H26N4O3. The number of nitrogens with zero attached hydrogens (tertiary/aromatic N) is 2. The number of imidazole rings is 1. The number of ether oxygens (including phenoxy) is 1. The predicted molar refractivity (Wildman–Crippen MR) is 115 cm³/mol. The average molecular weight is 406 g/mol. The van der Waals surface area contributed by atoms with Crippen molar-refractivity contribution in [2.45, 2.75) is 32.9 Å². The lowest BCUT2D eigenvalue weighted by atomic mass is 10.2. The number of benzene rings is 2. The number of carbonyl (C=O) groups is 2. The highest BCUT2D eigenvalue weighted by atomic mass is 16.5. The van der Waals surface area contributed by atoms with Crippen LogP contribution >= 0.6 is 0 Å². The minimum atomic E-state index is -0.483. The maximum atomic E-state index is 12.1. The van der Waals surface area contributed by atoms with E-state index in [1.165, 1.54) is 0 Å². The Morgan fingerprint density at radius 2 is 1.80 bits per heavy atom. The summed E-state index contributed by atoms with van der Waals surface area (Å²) in [5.41, 5.74) is 2.81. The summed E-state index contributed by atoms with van der Waals surface area (Å²) in [6, 6.07) is 17.2. The highest BCUT2D eigenvalue weighted by Crippen LogP contribution is 2.12. The van der Waals surface area contributed by atoms with Gasteiger partial charge >= 0.3 is 6.09 Å². The highest BCUT2D eigenvalue weighted by Gasteiger charge is 2.06. The molecule has 156 valence electrons. The number of alkyl carbamates (subject to hydrolysis) is 1. The molecule has 0 spiro atoms. The van der Waals surface area contributed by atoms with Gasteiger partial charge in [-0.1, -0.05) is 42.5 Å². The number of hydrogen-bond donors (Lipinski definition) is 2.